The maximum absolute atomic E-state index is 5.74. The van der Waals surface area contributed by atoms with Crippen LogP contribution in [-0.2, 0) is 0 Å². The Kier molecular flexibility index (Phi) is 4.06. The summed E-state index contributed by atoms with van der Waals surface area (Å²) in [4.78, 5) is 2.11. The Labute approximate surface area is 134 Å². The molecule has 0 aliphatic carbocycles. The number of ether oxygens (including phenoxy) is 1. The van der Waals surface area contributed by atoms with Crippen molar-refractivity contribution >= 4 is 27.3 Å². The number of halogens is 1. The molecule has 3 nitrogen and oxygen atoms in total. The molecule has 4 heteroatoms. The Morgan fingerprint density at radius 3 is 2.86 bits per heavy atom. The van der Waals surface area contributed by atoms with E-state index in [4.69, 9.17) is 4.74 Å². The lowest BCUT2D eigenvalue weighted by Gasteiger charge is -2.28. The van der Waals surface area contributed by atoms with Gasteiger partial charge in [0.2, 0.25) is 0 Å². The molecule has 0 spiro atoms. The minimum absolute atomic E-state index is 0.281. The maximum Gasteiger partial charge on any atom is 0.124 e. The van der Waals surface area contributed by atoms with Crippen molar-refractivity contribution in [1.29, 1.82) is 0 Å². The van der Waals surface area contributed by atoms with E-state index < -0.39 is 0 Å². The molecule has 1 aliphatic rings. The maximum atomic E-state index is 5.74. The molecule has 0 fully saturated rings. The first-order chi connectivity index (χ1) is 10.1. The van der Waals surface area contributed by atoms with Gasteiger partial charge in [0, 0.05) is 41.9 Å². The Bertz CT molecular complexity index is 642. The fourth-order valence-electron chi connectivity index (χ4n) is 2.59. The van der Waals surface area contributed by atoms with Crippen molar-refractivity contribution in [1.82, 2.24) is 0 Å². The number of rotatable bonds is 3. The van der Waals surface area contributed by atoms with E-state index in [-0.39, 0.29) is 6.04 Å². The lowest BCUT2D eigenvalue weighted by Crippen LogP contribution is -2.20. The normalized spacial score (nSPS) is 16.8. The summed E-state index contributed by atoms with van der Waals surface area (Å²) in [5, 5.41) is 3.63. The molecule has 1 atom stereocenters. The summed E-state index contributed by atoms with van der Waals surface area (Å²) < 4.78 is 6.82. The second kappa shape index (κ2) is 5.98. The third-order valence-electron chi connectivity index (χ3n) is 3.71. The fraction of sp³-hybridized carbons (Fsp3) is 0.294. The van der Waals surface area contributed by atoms with Crippen molar-refractivity contribution in [2.45, 2.75) is 12.5 Å². The first-order valence-corrected chi connectivity index (χ1v) is 7.89. The molecule has 3 rings (SSSR count). The van der Waals surface area contributed by atoms with Gasteiger partial charge in [0.05, 0.1) is 12.6 Å². The van der Waals surface area contributed by atoms with Gasteiger partial charge in [0.15, 0.2) is 0 Å². The highest BCUT2D eigenvalue weighted by atomic mass is 79.9. The van der Waals surface area contributed by atoms with Gasteiger partial charge in [-0.05, 0) is 36.4 Å². The van der Waals surface area contributed by atoms with Crippen LogP contribution < -0.4 is 15.0 Å². The van der Waals surface area contributed by atoms with Gasteiger partial charge in [0.25, 0.3) is 0 Å². The summed E-state index contributed by atoms with van der Waals surface area (Å²) in [5.74, 6) is 0.978. The van der Waals surface area contributed by atoms with Crippen LogP contribution in [0, 0.1) is 0 Å². The zero-order valence-electron chi connectivity index (χ0n) is 12.3. The quantitative estimate of drug-likeness (QED) is 0.888. The molecule has 0 amide bonds. The summed E-state index contributed by atoms with van der Waals surface area (Å²) in [6.07, 6.45) is 0.968. The molecule has 1 N–H and O–H groups in total. The molecule has 1 heterocycles. The van der Waals surface area contributed by atoms with Gasteiger partial charge in [-0.2, -0.15) is 0 Å². The number of nitrogens with zero attached hydrogens (tertiary/aromatic N) is 1. The van der Waals surface area contributed by atoms with E-state index >= 15 is 0 Å². The zero-order valence-corrected chi connectivity index (χ0v) is 13.9. The first-order valence-electron chi connectivity index (χ1n) is 7.09. The smallest absolute Gasteiger partial charge is 0.124 e. The number of nitrogens with one attached hydrogen (secondary N) is 1. The number of fused-ring (bicyclic) bond motifs is 1. The summed E-state index contributed by atoms with van der Waals surface area (Å²) in [6.45, 7) is 0.750. The number of hydrogen-bond donors (Lipinski definition) is 1. The topological polar surface area (TPSA) is 24.5 Å². The molecular formula is C17H19BrN2O. The van der Waals surface area contributed by atoms with Crippen LogP contribution in [0.1, 0.15) is 18.0 Å². The third-order valence-corrected chi connectivity index (χ3v) is 4.21. The lowest BCUT2D eigenvalue weighted by molar-refractivity contribution is 0.274. The number of hydrogen-bond acceptors (Lipinski definition) is 3. The Morgan fingerprint density at radius 1 is 1.19 bits per heavy atom. The van der Waals surface area contributed by atoms with Gasteiger partial charge in [-0.25, -0.2) is 0 Å². The number of benzene rings is 2. The second-order valence-corrected chi connectivity index (χ2v) is 6.38. The average Bonchev–Trinajstić information content (AvgIpc) is 2.48. The molecule has 2 aromatic carbocycles. The summed E-state index contributed by atoms with van der Waals surface area (Å²) in [7, 11) is 4.11. The van der Waals surface area contributed by atoms with Crippen LogP contribution in [0.3, 0.4) is 0 Å². The van der Waals surface area contributed by atoms with Gasteiger partial charge in [0.1, 0.15) is 5.75 Å². The van der Waals surface area contributed by atoms with Crippen molar-refractivity contribution in [3.63, 3.8) is 0 Å². The van der Waals surface area contributed by atoms with Crippen LogP contribution in [0.15, 0.2) is 46.9 Å². The van der Waals surface area contributed by atoms with E-state index in [1.54, 1.807) is 0 Å². The summed E-state index contributed by atoms with van der Waals surface area (Å²) in [6, 6.07) is 15.0. The molecule has 0 saturated carbocycles. The highest BCUT2D eigenvalue weighted by Gasteiger charge is 2.21. The predicted octanol–water partition coefficient (Wildman–Crippen LogP) is 4.45. The predicted molar refractivity (Wildman–Crippen MR) is 91.4 cm³/mol. The van der Waals surface area contributed by atoms with E-state index in [1.165, 1.54) is 11.3 Å². The summed E-state index contributed by atoms with van der Waals surface area (Å²) >= 11 is 3.54. The third kappa shape index (κ3) is 3.16. The zero-order chi connectivity index (χ0) is 14.8. The van der Waals surface area contributed by atoms with Gasteiger partial charge in [-0.15, -0.1) is 0 Å². The fourth-order valence-corrected chi connectivity index (χ4v) is 2.97. The highest BCUT2D eigenvalue weighted by molar-refractivity contribution is 9.10. The van der Waals surface area contributed by atoms with Crippen molar-refractivity contribution in [3.8, 4) is 5.75 Å². The molecule has 0 radical (unpaired) electrons. The molecule has 0 bridgehead atoms. The summed E-state index contributed by atoms with van der Waals surface area (Å²) in [5.41, 5.74) is 3.55. The van der Waals surface area contributed by atoms with Crippen molar-refractivity contribution in [3.05, 3.63) is 52.5 Å². The van der Waals surface area contributed by atoms with Crippen LogP contribution in [0.2, 0.25) is 0 Å². The van der Waals surface area contributed by atoms with Crippen molar-refractivity contribution < 1.29 is 4.74 Å². The molecule has 1 unspecified atom stereocenters. The Hall–Kier alpha value is -1.68. The van der Waals surface area contributed by atoms with E-state index in [0.29, 0.717) is 0 Å². The molecule has 1 aliphatic heterocycles. The van der Waals surface area contributed by atoms with Gasteiger partial charge in [-0.3, -0.25) is 0 Å². The molecule has 110 valence electrons. The van der Waals surface area contributed by atoms with Crippen LogP contribution >= 0.6 is 15.9 Å². The molecule has 0 saturated heterocycles. The van der Waals surface area contributed by atoms with Gasteiger partial charge in [-0.1, -0.05) is 22.0 Å². The lowest BCUT2D eigenvalue weighted by atomic mass is 10.0. The van der Waals surface area contributed by atoms with Crippen LogP contribution in [-0.4, -0.2) is 20.7 Å². The largest absolute Gasteiger partial charge is 0.493 e. The second-order valence-electron chi connectivity index (χ2n) is 5.46. The van der Waals surface area contributed by atoms with E-state index in [1.807, 2.05) is 12.1 Å². The molecule has 0 aromatic heterocycles. The minimum atomic E-state index is 0.281. The van der Waals surface area contributed by atoms with Crippen LogP contribution in [0.5, 0.6) is 5.75 Å². The van der Waals surface area contributed by atoms with Crippen LogP contribution in [0.4, 0.5) is 11.4 Å². The van der Waals surface area contributed by atoms with Crippen LogP contribution in [0.25, 0.3) is 0 Å². The Morgan fingerprint density at radius 2 is 2.05 bits per heavy atom. The highest BCUT2D eigenvalue weighted by Crippen LogP contribution is 2.36. The monoisotopic (exact) mass is 346 g/mol. The van der Waals surface area contributed by atoms with Crippen molar-refractivity contribution in [2.24, 2.45) is 0 Å². The molecule has 2 aromatic rings. The van der Waals surface area contributed by atoms with Gasteiger partial charge < -0.3 is 15.0 Å². The molecule has 21 heavy (non-hydrogen) atoms. The first kappa shape index (κ1) is 14.3. The van der Waals surface area contributed by atoms with Crippen molar-refractivity contribution in [2.75, 3.05) is 30.9 Å². The average molecular weight is 347 g/mol. The Balaban J connectivity index is 1.86. The van der Waals surface area contributed by atoms with Gasteiger partial charge >= 0.3 is 0 Å². The SMILES string of the molecule is CN(C)c1cccc(NC2CCOc3ccc(Br)cc32)c1. The molecular weight excluding hydrogens is 328 g/mol. The van der Waals surface area contributed by atoms with E-state index in [2.05, 4.69) is 70.6 Å². The van der Waals surface area contributed by atoms with E-state index in [0.717, 1.165) is 28.9 Å². The minimum Gasteiger partial charge on any atom is -0.493 e. The standard InChI is InChI=1S/C17H19BrN2O/c1-20(2)14-5-3-4-13(11-14)19-16-8-9-21-17-7-6-12(18)10-15(16)17/h3-7,10-11,16,19H,8-9H2,1-2H3. The van der Waals surface area contributed by atoms with E-state index in [9.17, 15) is 0 Å². The number of anilines is 2.